The maximum absolute atomic E-state index is 12.0. The summed E-state index contributed by atoms with van der Waals surface area (Å²) >= 11 is 7.31. The molecule has 2 rings (SSSR count). The molecule has 0 atom stereocenters. The Morgan fingerprint density at radius 2 is 2.32 bits per heavy atom. The number of nitro groups is 1. The first-order chi connectivity index (χ1) is 9.02. The highest BCUT2D eigenvalue weighted by atomic mass is 32.2. The van der Waals surface area contributed by atoms with E-state index in [4.69, 9.17) is 12.2 Å². The lowest BCUT2D eigenvalue weighted by molar-refractivity contribution is -0.380. The minimum atomic E-state index is -0.453. The van der Waals surface area contributed by atoms with E-state index in [0.717, 1.165) is 11.3 Å². The van der Waals surface area contributed by atoms with Gasteiger partial charge in [0.15, 0.2) is 0 Å². The van der Waals surface area contributed by atoms with Crippen LogP contribution in [0.3, 0.4) is 0 Å². The number of thiocarbonyl (C=S) groups is 1. The van der Waals surface area contributed by atoms with Crippen molar-refractivity contribution in [3.05, 3.63) is 44.7 Å². The molecule has 0 aliphatic carbocycles. The van der Waals surface area contributed by atoms with Gasteiger partial charge in [0.1, 0.15) is 4.32 Å². The number of carbonyl (C=O) groups is 1. The van der Waals surface area contributed by atoms with Gasteiger partial charge in [-0.1, -0.05) is 41.4 Å². The van der Waals surface area contributed by atoms with E-state index in [1.807, 2.05) is 0 Å². The number of amides is 1. The lowest BCUT2D eigenvalue weighted by Gasteiger charge is -2.10. The predicted octanol–water partition coefficient (Wildman–Crippen LogP) is 3.04. The smallest absolute Gasteiger partial charge is 0.289 e. The first-order valence-corrected chi connectivity index (χ1v) is 7.22. The van der Waals surface area contributed by atoms with E-state index < -0.39 is 4.92 Å². The molecule has 19 heavy (non-hydrogen) atoms. The molecule has 1 amide bonds. The van der Waals surface area contributed by atoms with Crippen molar-refractivity contribution in [3.8, 4) is 0 Å². The second-order valence-electron chi connectivity index (χ2n) is 3.56. The summed E-state index contributed by atoms with van der Waals surface area (Å²) in [7, 11) is 0. The Hall–Kier alpha value is -1.51. The molecule has 8 heteroatoms. The van der Waals surface area contributed by atoms with Crippen molar-refractivity contribution >= 4 is 56.6 Å². The minimum Gasteiger partial charge on any atom is -0.289 e. The van der Waals surface area contributed by atoms with Crippen molar-refractivity contribution < 1.29 is 9.72 Å². The molecule has 5 nitrogen and oxygen atoms in total. The molecule has 0 spiro atoms. The van der Waals surface area contributed by atoms with Gasteiger partial charge < -0.3 is 0 Å². The van der Waals surface area contributed by atoms with Gasteiger partial charge in [-0.25, -0.2) is 0 Å². The summed E-state index contributed by atoms with van der Waals surface area (Å²) in [4.78, 5) is 24.1. The Labute approximate surface area is 122 Å². The van der Waals surface area contributed by atoms with Crippen LogP contribution in [0.4, 0.5) is 5.00 Å². The molecule has 0 radical (unpaired) electrons. The van der Waals surface area contributed by atoms with E-state index >= 15 is 0 Å². The van der Waals surface area contributed by atoms with E-state index in [1.165, 1.54) is 22.7 Å². The predicted molar refractivity (Wildman–Crippen MR) is 81.0 cm³/mol. The Balaban J connectivity index is 2.24. The van der Waals surface area contributed by atoms with Gasteiger partial charge in [-0.3, -0.25) is 19.8 Å². The quantitative estimate of drug-likeness (QED) is 0.281. The zero-order valence-corrected chi connectivity index (χ0v) is 12.0. The fourth-order valence-electron chi connectivity index (χ4n) is 1.45. The summed E-state index contributed by atoms with van der Waals surface area (Å²) in [5.74, 6) is -0.191. The van der Waals surface area contributed by atoms with E-state index in [2.05, 4.69) is 6.58 Å². The topological polar surface area (TPSA) is 63.5 Å². The largest absolute Gasteiger partial charge is 0.324 e. The van der Waals surface area contributed by atoms with Crippen LogP contribution in [-0.4, -0.2) is 26.6 Å². The van der Waals surface area contributed by atoms with E-state index in [-0.39, 0.29) is 10.9 Å². The highest BCUT2D eigenvalue weighted by molar-refractivity contribution is 8.26. The van der Waals surface area contributed by atoms with Crippen LogP contribution in [0.2, 0.25) is 0 Å². The Bertz CT molecular complexity index is 606. The fraction of sp³-hybridized carbons (Fsp3) is 0.0909. The third kappa shape index (κ3) is 2.91. The molecule has 98 valence electrons. The number of carbonyl (C=O) groups excluding carboxylic acids is 1. The number of hydrogen-bond acceptors (Lipinski definition) is 6. The average Bonchev–Trinajstić information content (AvgIpc) is 2.91. The van der Waals surface area contributed by atoms with E-state index in [1.54, 1.807) is 17.5 Å². The Kier molecular flexibility index (Phi) is 4.13. The molecule has 0 bridgehead atoms. The van der Waals surface area contributed by atoms with Crippen molar-refractivity contribution in [3.63, 3.8) is 0 Å². The van der Waals surface area contributed by atoms with Gasteiger partial charge in [-0.15, -0.1) is 6.58 Å². The van der Waals surface area contributed by atoms with Crippen molar-refractivity contribution in [1.82, 2.24) is 4.90 Å². The molecule has 0 unspecified atom stereocenters. The molecule has 2 heterocycles. The van der Waals surface area contributed by atoms with Crippen molar-refractivity contribution in [2.24, 2.45) is 0 Å². The molecule has 0 saturated carbocycles. The number of thioether (sulfide) groups is 1. The van der Waals surface area contributed by atoms with Gasteiger partial charge in [0, 0.05) is 18.0 Å². The zero-order valence-electron chi connectivity index (χ0n) is 9.57. The lowest BCUT2D eigenvalue weighted by atomic mass is 10.3. The highest BCUT2D eigenvalue weighted by Gasteiger charge is 2.31. The Morgan fingerprint density at radius 1 is 1.58 bits per heavy atom. The number of thiophene rings is 1. The zero-order chi connectivity index (χ0) is 14.0. The molecule has 1 aromatic rings. The van der Waals surface area contributed by atoms with Crippen molar-refractivity contribution in [2.75, 3.05) is 6.54 Å². The van der Waals surface area contributed by atoms with Crippen LogP contribution in [0, 0.1) is 10.1 Å². The van der Waals surface area contributed by atoms with Gasteiger partial charge in [0.2, 0.25) is 0 Å². The minimum absolute atomic E-state index is 0.0489. The molecule has 1 aliphatic heterocycles. The SMILES string of the molecule is C=CCN1C(=O)/C(=C/c2csc([N+](=O)[O-])c2)SC1=S. The summed E-state index contributed by atoms with van der Waals surface area (Å²) < 4.78 is 0.473. The average molecular weight is 312 g/mol. The van der Waals surface area contributed by atoms with Gasteiger partial charge in [-0.2, -0.15) is 0 Å². The first kappa shape index (κ1) is 13.9. The Morgan fingerprint density at radius 3 is 2.89 bits per heavy atom. The third-order valence-corrected chi connectivity index (χ3v) is 4.55. The summed E-state index contributed by atoms with van der Waals surface area (Å²) in [5, 5.41) is 12.3. The maximum atomic E-state index is 12.0. The van der Waals surface area contributed by atoms with Crippen molar-refractivity contribution in [1.29, 1.82) is 0 Å². The number of nitrogens with zero attached hydrogens (tertiary/aromatic N) is 2. The van der Waals surface area contributed by atoms with Crippen molar-refractivity contribution in [2.45, 2.75) is 0 Å². The first-order valence-electron chi connectivity index (χ1n) is 5.12. The van der Waals surface area contributed by atoms with Crippen LogP contribution >= 0.6 is 35.3 Å². The van der Waals surface area contributed by atoms with Gasteiger partial charge in [0.25, 0.3) is 5.91 Å². The van der Waals surface area contributed by atoms with Crippen LogP contribution in [0.5, 0.6) is 0 Å². The van der Waals surface area contributed by atoms with Crippen LogP contribution in [0.15, 0.2) is 29.0 Å². The second-order valence-corrected chi connectivity index (χ2v) is 6.12. The summed E-state index contributed by atoms with van der Waals surface area (Å²) in [6.45, 7) is 3.94. The second kappa shape index (κ2) is 5.64. The van der Waals surface area contributed by atoms with Gasteiger partial charge >= 0.3 is 5.00 Å². The summed E-state index contributed by atoms with van der Waals surface area (Å²) in [6, 6.07) is 1.44. The number of rotatable bonds is 4. The molecule has 1 saturated heterocycles. The van der Waals surface area contributed by atoms with E-state index in [9.17, 15) is 14.9 Å². The molecule has 0 aromatic carbocycles. The fourth-order valence-corrected chi connectivity index (χ4v) is 3.41. The molecule has 1 aliphatic rings. The third-order valence-electron chi connectivity index (χ3n) is 2.27. The monoisotopic (exact) mass is 312 g/mol. The van der Waals surface area contributed by atoms with Crippen LogP contribution < -0.4 is 0 Å². The highest BCUT2D eigenvalue weighted by Crippen LogP contribution is 2.33. The van der Waals surface area contributed by atoms with E-state index in [0.29, 0.717) is 21.3 Å². The standard InChI is InChI=1S/C11H8N2O3S3/c1-2-3-12-10(14)8(19-11(12)17)4-7-5-9(13(15)16)18-6-7/h2,4-6H,1,3H2/b8-4-. The number of hydrogen-bond donors (Lipinski definition) is 0. The van der Waals surface area contributed by atoms with Crippen LogP contribution in [0.25, 0.3) is 6.08 Å². The molecular formula is C11H8N2O3S3. The normalized spacial score (nSPS) is 17.3. The summed E-state index contributed by atoms with van der Waals surface area (Å²) in [5.41, 5.74) is 0.635. The maximum Gasteiger partial charge on any atom is 0.324 e. The lowest BCUT2D eigenvalue weighted by Crippen LogP contribution is -2.27. The molecule has 1 aromatic heterocycles. The molecular weight excluding hydrogens is 304 g/mol. The molecule has 0 N–H and O–H groups in total. The summed E-state index contributed by atoms with van der Waals surface area (Å²) in [6.07, 6.45) is 3.22. The van der Waals surface area contributed by atoms with Crippen LogP contribution in [0.1, 0.15) is 5.56 Å². The van der Waals surface area contributed by atoms with Gasteiger partial charge in [0.05, 0.1) is 9.83 Å². The molecule has 1 fully saturated rings. The van der Waals surface area contributed by atoms with Gasteiger partial charge in [-0.05, 0) is 11.6 Å². The van der Waals surface area contributed by atoms with Crippen LogP contribution in [-0.2, 0) is 4.79 Å².